The number of hydrogen-bond acceptors (Lipinski definition) is 4. The molecule has 3 saturated heterocycles. The van der Waals surface area contributed by atoms with Gasteiger partial charge in [0.15, 0.2) is 0 Å². The van der Waals surface area contributed by atoms with Gasteiger partial charge < -0.3 is 9.64 Å². The first-order chi connectivity index (χ1) is 14.7. The molecule has 3 nitrogen and oxygen atoms in total. The van der Waals surface area contributed by atoms with Crippen LogP contribution in [0, 0.1) is 11.8 Å². The lowest BCUT2D eigenvalue weighted by atomic mass is 9.77. The fourth-order valence-electron chi connectivity index (χ4n) is 5.46. The zero-order valence-electron chi connectivity index (χ0n) is 17.4. The highest BCUT2D eigenvalue weighted by Gasteiger charge is 2.56. The Balaban J connectivity index is 1.51. The van der Waals surface area contributed by atoms with E-state index in [1.54, 1.807) is 0 Å². The molecule has 5 rings (SSSR count). The van der Waals surface area contributed by atoms with E-state index in [9.17, 15) is 4.79 Å². The Labute approximate surface area is 187 Å². The average Bonchev–Trinajstić information content (AvgIpc) is 3.26. The molecule has 0 bridgehead atoms. The second-order valence-electron chi connectivity index (χ2n) is 8.42. The molecule has 1 amide bonds. The second kappa shape index (κ2) is 8.60. The van der Waals surface area contributed by atoms with Crippen molar-refractivity contribution in [2.75, 3.05) is 18.1 Å². The number of benzene rings is 2. The first kappa shape index (κ1) is 20.5. The molecule has 3 heterocycles. The van der Waals surface area contributed by atoms with E-state index in [0.717, 1.165) is 17.9 Å². The van der Waals surface area contributed by atoms with Crippen LogP contribution >= 0.6 is 23.5 Å². The van der Waals surface area contributed by atoms with Crippen molar-refractivity contribution in [3.8, 4) is 0 Å². The number of carbonyl (C=O) groups excluding carboxylic acids is 1. The normalized spacial score (nSPS) is 30.8. The molecule has 2 aromatic rings. The molecule has 0 N–H and O–H groups in total. The van der Waals surface area contributed by atoms with Gasteiger partial charge in [0, 0.05) is 18.3 Å². The van der Waals surface area contributed by atoms with Gasteiger partial charge in [-0.1, -0.05) is 67.6 Å². The van der Waals surface area contributed by atoms with Crippen molar-refractivity contribution in [2.24, 2.45) is 11.8 Å². The Morgan fingerprint density at radius 3 is 2.37 bits per heavy atom. The van der Waals surface area contributed by atoms with Crippen LogP contribution in [0.5, 0.6) is 0 Å². The summed E-state index contributed by atoms with van der Waals surface area (Å²) in [6.07, 6.45) is 2.76. The Hall–Kier alpha value is -1.43. The van der Waals surface area contributed by atoms with Gasteiger partial charge in [0.1, 0.15) is 6.23 Å². The van der Waals surface area contributed by atoms with Gasteiger partial charge in [-0.2, -0.15) is 0 Å². The van der Waals surface area contributed by atoms with E-state index in [2.05, 4.69) is 89.9 Å². The van der Waals surface area contributed by atoms with Crippen molar-refractivity contribution < 1.29 is 9.53 Å². The lowest BCUT2D eigenvalue weighted by molar-refractivity contribution is -0.153. The van der Waals surface area contributed by atoms with E-state index >= 15 is 0 Å². The molecule has 0 aromatic heterocycles. The number of rotatable bonds is 4. The smallest absolute Gasteiger partial charge is 0.225 e. The molecule has 0 aliphatic carbocycles. The summed E-state index contributed by atoms with van der Waals surface area (Å²) in [5.74, 6) is 3.19. The van der Waals surface area contributed by atoms with Gasteiger partial charge in [0.2, 0.25) is 5.91 Å². The maximum Gasteiger partial charge on any atom is 0.225 e. The summed E-state index contributed by atoms with van der Waals surface area (Å²) in [6.45, 7) is 2.87. The summed E-state index contributed by atoms with van der Waals surface area (Å²) in [4.78, 5) is 15.6. The molecule has 0 saturated carbocycles. The molecule has 2 aromatic carbocycles. The summed E-state index contributed by atoms with van der Waals surface area (Å²) in [6, 6.07) is 21.3. The third kappa shape index (κ3) is 3.39. The predicted octanol–water partition coefficient (Wildman–Crippen LogP) is 5.68. The number of fused-ring (bicyclic) bond motifs is 1. The summed E-state index contributed by atoms with van der Waals surface area (Å²) in [7, 11) is 0. The van der Waals surface area contributed by atoms with Crippen LogP contribution in [0.3, 0.4) is 0 Å². The predicted molar refractivity (Wildman–Crippen MR) is 125 cm³/mol. The van der Waals surface area contributed by atoms with Crippen molar-refractivity contribution in [1.29, 1.82) is 0 Å². The molecule has 0 radical (unpaired) electrons. The lowest BCUT2D eigenvalue weighted by Crippen LogP contribution is -2.54. The number of amides is 1. The average molecular weight is 440 g/mol. The molecule has 158 valence electrons. The number of nitrogens with zero attached hydrogens (tertiary/aromatic N) is 1. The first-order valence-electron chi connectivity index (χ1n) is 11.1. The number of hydrogen-bond donors (Lipinski definition) is 0. The first-order valence-corrected chi connectivity index (χ1v) is 13.0. The molecule has 3 aliphatic heterocycles. The number of ether oxygens (including phenoxy) is 1. The number of piperidine rings is 1. The van der Waals surface area contributed by atoms with Gasteiger partial charge in [-0.25, -0.2) is 0 Å². The van der Waals surface area contributed by atoms with Crippen LogP contribution in [0.2, 0.25) is 0 Å². The largest absolute Gasteiger partial charge is 0.355 e. The van der Waals surface area contributed by atoms with Crippen LogP contribution in [0.4, 0.5) is 0 Å². The second-order valence-corrected chi connectivity index (χ2v) is 11.4. The Morgan fingerprint density at radius 1 is 1.03 bits per heavy atom. The Morgan fingerprint density at radius 2 is 1.70 bits per heavy atom. The van der Waals surface area contributed by atoms with E-state index in [1.165, 1.54) is 17.5 Å². The van der Waals surface area contributed by atoms with Crippen molar-refractivity contribution in [1.82, 2.24) is 4.90 Å². The zero-order valence-corrected chi connectivity index (χ0v) is 19.0. The van der Waals surface area contributed by atoms with Crippen LogP contribution in [0.1, 0.15) is 43.4 Å². The zero-order chi connectivity index (χ0) is 20.6. The van der Waals surface area contributed by atoms with E-state index in [-0.39, 0.29) is 28.2 Å². The molecule has 3 aliphatic rings. The summed E-state index contributed by atoms with van der Waals surface area (Å²) in [5.41, 5.74) is 2.54. The van der Waals surface area contributed by atoms with Gasteiger partial charge in [-0.05, 0) is 35.5 Å². The molecule has 5 heteroatoms. The highest BCUT2D eigenvalue weighted by molar-refractivity contribution is 8.18. The van der Waals surface area contributed by atoms with Crippen LogP contribution in [0.25, 0.3) is 0 Å². The topological polar surface area (TPSA) is 29.5 Å². The van der Waals surface area contributed by atoms with Gasteiger partial charge in [0.05, 0.1) is 16.7 Å². The highest BCUT2D eigenvalue weighted by atomic mass is 32.2. The minimum absolute atomic E-state index is 0.0398. The van der Waals surface area contributed by atoms with Crippen LogP contribution < -0.4 is 0 Å². The Kier molecular flexibility index (Phi) is 5.87. The van der Waals surface area contributed by atoms with Crippen LogP contribution in [-0.4, -0.2) is 35.1 Å². The minimum atomic E-state index is -0.116. The summed E-state index contributed by atoms with van der Waals surface area (Å²) >= 11 is 4.12. The Bertz CT molecular complexity index is 869. The van der Waals surface area contributed by atoms with E-state index in [1.807, 2.05) is 6.07 Å². The minimum Gasteiger partial charge on any atom is -0.355 e. The SMILES string of the molecule is CC[C@@H]1[C@H]2OC[C@@H](c3ccccc3)N2C(=O)C[C@H]1C1(c2ccccc2)SCCCS1. The quantitative estimate of drug-likeness (QED) is 0.613. The molecule has 4 atom stereocenters. The number of carbonyl (C=O) groups is 1. The molecular formula is C25H29NO2S2. The summed E-state index contributed by atoms with van der Waals surface area (Å²) < 4.78 is 6.33. The van der Waals surface area contributed by atoms with E-state index in [0.29, 0.717) is 18.9 Å². The van der Waals surface area contributed by atoms with E-state index < -0.39 is 0 Å². The van der Waals surface area contributed by atoms with Crippen LogP contribution in [0.15, 0.2) is 60.7 Å². The van der Waals surface area contributed by atoms with Gasteiger partial charge in [-0.3, -0.25) is 4.79 Å². The molecule has 0 spiro atoms. The standard InChI is InChI=1S/C25H29NO2S2/c1-2-20-21(25(29-14-9-15-30-25)19-12-7-4-8-13-19)16-23(27)26-22(17-28-24(20)26)18-10-5-3-6-11-18/h3-8,10-13,20-22,24H,2,9,14-17H2,1H3/t20-,21+,22-,24+/m0/s1. The van der Waals surface area contributed by atoms with Gasteiger partial charge >= 0.3 is 0 Å². The lowest BCUT2D eigenvalue weighted by Gasteiger charge is -2.51. The van der Waals surface area contributed by atoms with Gasteiger partial charge in [-0.15, -0.1) is 23.5 Å². The van der Waals surface area contributed by atoms with E-state index in [4.69, 9.17) is 4.74 Å². The van der Waals surface area contributed by atoms with Gasteiger partial charge in [0.25, 0.3) is 0 Å². The van der Waals surface area contributed by atoms with Crippen molar-refractivity contribution in [3.05, 3.63) is 71.8 Å². The van der Waals surface area contributed by atoms with Crippen molar-refractivity contribution in [2.45, 2.75) is 42.5 Å². The van der Waals surface area contributed by atoms with Crippen molar-refractivity contribution >= 4 is 29.4 Å². The van der Waals surface area contributed by atoms with Crippen molar-refractivity contribution in [3.63, 3.8) is 0 Å². The monoisotopic (exact) mass is 439 g/mol. The highest BCUT2D eigenvalue weighted by Crippen LogP contribution is 2.61. The molecular weight excluding hydrogens is 410 g/mol. The van der Waals surface area contributed by atoms with Crippen LogP contribution in [-0.2, 0) is 13.6 Å². The third-order valence-corrected chi connectivity index (χ3v) is 10.5. The third-order valence-electron chi connectivity index (χ3n) is 6.84. The molecule has 3 fully saturated rings. The number of thioether (sulfide) groups is 2. The maximum atomic E-state index is 13.6. The fourth-order valence-corrected chi connectivity index (χ4v) is 9.21. The maximum absolute atomic E-state index is 13.6. The molecule has 0 unspecified atom stereocenters. The molecule has 30 heavy (non-hydrogen) atoms. The fraction of sp³-hybridized carbons (Fsp3) is 0.480. The summed E-state index contributed by atoms with van der Waals surface area (Å²) in [5, 5.41) is 0.